The van der Waals surface area contributed by atoms with Gasteiger partial charge in [0.1, 0.15) is 0 Å². The predicted molar refractivity (Wildman–Crippen MR) is 71.3 cm³/mol. The zero-order valence-electron chi connectivity index (χ0n) is 11.9. The Morgan fingerprint density at radius 2 is 2.00 bits per heavy atom. The number of morpholine rings is 1. The summed E-state index contributed by atoms with van der Waals surface area (Å²) < 4.78 is 5.61. The van der Waals surface area contributed by atoms with Gasteiger partial charge in [0.05, 0.1) is 13.2 Å². The molecular formula is C14H28N2O. The molecule has 0 aliphatic carbocycles. The van der Waals surface area contributed by atoms with Crippen molar-refractivity contribution < 1.29 is 4.74 Å². The summed E-state index contributed by atoms with van der Waals surface area (Å²) in [6, 6.07) is 0.629. The molecule has 17 heavy (non-hydrogen) atoms. The standard InChI is InChI=1S/C14H28N2O/c1-12(2)9-14(3,4)16-6-5-15-7-8-17-11-13(15)10-16/h12-13H,5-11H2,1-4H3. The van der Waals surface area contributed by atoms with Crippen LogP contribution in [0.2, 0.25) is 0 Å². The summed E-state index contributed by atoms with van der Waals surface area (Å²) in [5.74, 6) is 0.769. The van der Waals surface area contributed by atoms with Crippen molar-refractivity contribution in [2.45, 2.75) is 45.7 Å². The first-order valence-electron chi connectivity index (χ1n) is 7.06. The molecule has 2 fully saturated rings. The van der Waals surface area contributed by atoms with E-state index in [0.717, 1.165) is 25.7 Å². The van der Waals surface area contributed by atoms with Crippen LogP contribution < -0.4 is 0 Å². The van der Waals surface area contributed by atoms with E-state index in [-0.39, 0.29) is 0 Å². The SMILES string of the molecule is CC(C)CC(C)(C)N1CCN2CCOCC2C1. The van der Waals surface area contributed by atoms with Crippen molar-refractivity contribution in [1.29, 1.82) is 0 Å². The third-order valence-electron chi connectivity index (χ3n) is 4.20. The first kappa shape index (κ1) is 13.3. The lowest BCUT2D eigenvalue weighted by Gasteiger charge is -2.49. The topological polar surface area (TPSA) is 15.7 Å². The summed E-state index contributed by atoms with van der Waals surface area (Å²) in [5.41, 5.74) is 0.331. The van der Waals surface area contributed by atoms with Gasteiger partial charge < -0.3 is 4.74 Å². The number of hydrogen-bond donors (Lipinski definition) is 0. The van der Waals surface area contributed by atoms with Gasteiger partial charge in [-0.3, -0.25) is 9.80 Å². The molecule has 3 heteroatoms. The molecule has 1 atom stereocenters. The van der Waals surface area contributed by atoms with Crippen LogP contribution >= 0.6 is 0 Å². The minimum Gasteiger partial charge on any atom is -0.378 e. The van der Waals surface area contributed by atoms with Gasteiger partial charge in [0, 0.05) is 37.8 Å². The lowest BCUT2D eigenvalue weighted by atomic mass is 9.89. The maximum absolute atomic E-state index is 5.61. The van der Waals surface area contributed by atoms with E-state index in [1.165, 1.54) is 26.1 Å². The molecule has 2 rings (SSSR count). The summed E-state index contributed by atoms with van der Waals surface area (Å²) in [5, 5.41) is 0. The van der Waals surface area contributed by atoms with E-state index in [1.807, 2.05) is 0 Å². The largest absolute Gasteiger partial charge is 0.378 e. The highest BCUT2D eigenvalue weighted by atomic mass is 16.5. The maximum Gasteiger partial charge on any atom is 0.0634 e. The van der Waals surface area contributed by atoms with Gasteiger partial charge in [-0.15, -0.1) is 0 Å². The number of ether oxygens (including phenoxy) is 1. The monoisotopic (exact) mass is 240 g/mol. The number of rotatable bonds is 3. The molecule has 3 nitrogen and oxygen atoms in total. The van der Waals surface area contributed by atoms with Gasteiger partial charge in [0.25, 0.3) is 0 Å². The van der Waals surface area contributed by atoms with E-state index in [4.69, 9.17) is 4.74 Å². The van der Waals surface area contributed by atoms with Crippen LogP contribution in [0.4, 0.5) is 0 Å². The molecule has 2 heterocycles. The van der Waals surface area contributed by atoms with Gasteiger partial charge >= 0.3 is 0 Å². The van der Waals surface area contributed by atoms with Crippen LogP contribution in [0, 0.1) is 5.92 Å². The Morgan fingerprint density at radius 3 is 2.71 bits per heavy atom. The summed E-state index contributed by atoms with van der Waals surface area (Å²) in [4.78, 5) is 5.27. The zero-order chi connectivity index (χ0) is 12.5. The molecule has 0 aromatic heterocycles. The third-order valence-corrected chi connectivity index (χ3v) is 4.20. The Balaban J connectivity index is 1.94. The van der Waals surface area contributed by atoms with Crippen molar-refractivity contribution in [3.63, 3.8) is 0 Å². The fourth-order valence-corrected chi connectivity index (χ4v) is 3.42. The Bertz CT molecular complexity index is 253. The van der Waals surface area contributed by atoms with E-state index < -0.39 is 0 Å². The average molecular weight is 240 g/mol. The smallest absolute Gasteiger partial charge is 0.0634 e. The summed E-state index contributed by atoms with van der Waals surface area (Å²) >= 11 is 0. The quantitative estimate of drug-likeness (QED) is 0.748. The minimum atomic E-state index is 0.331. The van der Waals surface area contributed by atoms with Crippen LogP contribution in [0.1, 0.15) is 34.1 Å². The van der Waals surface area contributed by atoms with Gasteiger partial charge in [-0.25, -0.2) is 0 Å². The first-order chi connectivity index (χ1) is 7.99. The van der Waals surface area contributed by atoms with Gasteiger partial charge in [-0.05, 0) is 26.2 Å². The van der Waals surface area contributed by atoms with Crippen LogP contribution in [0.5, 0.6) is 0 Å². The maximum atomic E-state index is 5.61. The van der Waals surface area contributed by atoms with E-state index >= 15 is 0 Å². The molecule has 0 bridgehead atoms. The molecule has 100 valence electrons. The fraction of sp³-hybridized carbons (Fsp3) is 1.00. The first-order valence-corrected chi connectivity index (χ1v) is 7.06. The van der Waals surface area contributed by atoms with E-state index in [0.29, 0.717) is 11.6 Å². The molecule has 0 N–H and O–H groups in total. The molecule has 0 aromatic carbocycles. The normalized spacial score (nSPS) is 28.4. The average Bonchev–Trinajstić information content (AvgIpc) is 2.26. The molecule has 2 saturated heterocycles. The zero-order valence-corrected chi connectivity index (χ0v) is 11.9. The van der Waals surface area contributed by atoms with Crippen LogP contribution in [0.15, 0.2) is 0 Å². The molecule has 2 aliphatic heterocycles. The lowest BCUT2D eigenvalue weighted by molar-refractivity contribution is -0.0675. The summed E-state index contributed by atoms with van der Waals surface area (Å²) in [6.07, 6.45) is 1.28. The highest BCUT2D eigenvalue weighted by molar-refractivity contribution is 4.91. The second kappa shape index (κ2) is 5.25. The second-order valence-electron chi connectivity index (χ2n) is 6.62. The molecule has 0 radical (unpaired) electrons. The Morgan fingerprint density at radius 1 is 1.24 bits per heavy atom. The van der Waals surface area contributed by atoms with Gasteiger partial charge in [-0.1, -0.05) is 13.8 Å². The van der Waals surface area contributed by atoms with Crippen LogP contribution in [-0.4, -0.2) is 60.8 Å². The number of hydrogen-bond acceptors (Lipinski definition) is 3. The molecule has 0 aromatic rings. The van der Waals surface area contributed by atoms with E-state index in [1.54, 1.807) is 0 Å². The van der Waals surface area contributed by atoms with Crippen molar-refractivity contribution >= 4 is 0 Å². The van der Waals surface area contributed by atoms with Crippen molar-refractivity contribution in [1.82, 2.24) is 9.80 Å². The fourth-order valence-electron chi connectivity index (χ4n) is 3.42. The van der Waals surface area contributed by atoms with E-state index in [2.05, 4.69) is 37.5 Å². The predicted octanol–water partition coefficient (Wildman–Crippen LogP) is 1.83. The number of piperazine rings is 1. The lowest BCUT2D eigenvalue weighted by Crippen LogP contribution is -2.62. The second-order valence-corrected chi connectivity index (χ2v) is 6.62. The highest BCUT2D eigenvalue weighted by Crippen LogP contribution is 2.27. The Hall–Kier alpha value is -0.120. The summed E-state index contributed by atoms with van der Waals surface area (Å²) in [7, 11) is 0. The van der Waals surface area contributed by atoms with Crippen molar-refractivity contribution in [3.8, 4) is 0 Å². The molecule has 0 spiro atoms. The van der Waals surface area contributed by atoms with Gasteiger partial charge in [0.15, 0.2) is 0 Å². The van der Waals surface area contributed by atoms with Gasteiger partial charge in [-0.2, -0.15) is 0 Å². The summed E-state index contributed by atoms with van der Waals surface area (Å²) in [6.45, 7) is 16.0. The van der Waals surface area contributed by atoms with Crippen LogP contribution in [0.3, 0.4) is 0 Å². The van der Waals surface area contributed by atoms with Crippen molar-refractivity contribution in [2.75, 3.05) is 39.4 Å². The minimum absolute atomic E-state index is 0.331. The van der Waals surface area contributed by atoms with Crippen LogP contribution in [-0.2, 0) is 4.74 Å². The molecule has 1 unspecified atom stereocenters. The molecular weight excluding hydrogens is 212 g/mol. The molecule has 0 amide bonds. The molecule has 2 aliphatic rings. The number of nitrogens with zero attached hydrogens (tertiary/aromatic N) is 2. The van der Waals surface area contributed by atoms with E-state index in [9.17, 15) is 0 Å². The Kier molecular flexibility index (Phi) is 4.11. The Labute approximate surface area is 106 Å². The third kappa shape index (κ3) is 3.21. The highest BCUT2D eigenvalue weighted by Gasteiger charge is 2.36. The molecule has 0 saturated carbocycles. The van der Waals surface area contributed by atoms with Crippen LogP contribution in [0.25, 0.3) is 0 Å². The number of fused-ring (bicyclic) bond motifs is 1. The van der Waals surface area contributed by atoms with Crippen molar-refractivity contribution in [3.05, 3.63) is 0 Å². The van der Waals surface area contributed by atoms with Crippen molar-refractivity contribution in [2.24, 2.45) is 5.92 Å². The van der Waals surface area contributed by atoms with Gasteiger partial charge in [0.2, 0.25) is 0 Å².